The van der Waals surface area contributed by atoms with Crippen molar-refractivity contribution in [1.29, 1.82) is 0 Å². The van der Waals surface area contributed by atoms with Gasteiger partial charge in [0.1, 0.15) is 5.60 Å². The van der Waals surface area contributed by atoms with E-state index in [2.05, 4.69) is 36.2 Å². The zero-order valence-electron chi connectivity index (χ0n) is 15.8. The Hall–Kier alpha value is -1.84. The molecule has 1 aliphatic heterocycles. The van der Waals surface area contributed by atoms with Gasteiger partial charge < -0.3 is 9.64 Å². The molecule has 1 heterocycles. The van der Waals surface area contributed by atoms with Crippen LogP contribution in [-0.4, -0.2) is 30.1 Å². The van der Waals surface area contributed by atoms with Crippen molar-refractivity contribution >= 4 is 17.6 Å². The number of benzene rings is 2. The van der Waals surface area contributed by atoms with Gasteiger partial charge in [-0.15, -0.1) is 0 Å². The molecule has 2 aromatic rings. The SMILES string of the molecule is CN1Cc2ccccc2C(C2(OC(=O)c3ccccc3Cl)CCCCC2)C1. The summed E-state index contributed by atoms with van der Waals surface area (Å²) in [7, 11) is 2.15. The Bertz CT molecular complexity index is 829. The molecule has 0 spiro atoms. The number of ether oxygens (including phenoxy) is 1. The van der Waals surface area contributed by atoms with Crippen LogP contribution in [0.1, 0.15) is 59.5 Å². The standard InChI is InChI=1S/C23H26ClNO2/c1-25-15-17-9-3-4-10-18(17)20(16-25)23(13-7-2-8-14-23)27-22(26)19-11-5-6-12-21(19)24/h3-6,9-12,20H,2,7-8,13-16H2,1H3. The summed E-state index contributed by atoms with van der Waals surface area (Å²) in [5, 5.41) is 0.453. The van der Waals surface area contributed by atoms with E-state index in [1.54, 1.807) is 12.1 Å². The van der Waals surface area contributed by atoms with Crippen LogP contribution in [0.15, 0.2) is 48.5 Å². The van der Waals surface area contributed by atoms with Crippen LogP contribution >= 0.6 is 11.6 Å². The van der Waals surface area contributed by atoms with Gasteiger partial charge in [-0.2, -0.15) is 0 Å². The van der Waals surface area contributed by atoms with Gasteiger partial charge in [0.25, 0.3) is 0 Å². The lowest BCUT2D eigenvalue weighted by molar-refractivity contribution is -0.0609. The minimum atomic E-state index is -0.459. The molecule has 0 N–H and O–H groups in total. The van der Waals surface area contributed by atoms with E-state index in [1.807, 2.05) is 12.1 Å². The van der Waals surface area contributed by atoms with Crippen molar-refractivity contribution in [3.8, 4) is 0 Å². The van der Waals surface area contributed by atoms with Gasteiger partial charge in [0.15, 0.2) is 0 Å². The predicted molar refractivity (Wildman–Crippen MR) is 108 cm³/mol. The Morgan fingerprint density at radius 2 is 1.78 bits per heavy atom. The monoisotopic (exact) mass is 383 g/mol. The van der Waals surface area contributed by atoms with Crippen LogP contribution < -0.4 is 0 Å². The van der Waals surface area contributed by atoms with Crippen LogP contribution in [0, 0.1) is 0 Å². The van der Waals surface area contributed by atoms with Crippen molar-refractivity contribution in [1.82, 2.24) is 4.90 Å². The highest BCUT2D eigenvalue weighted by molar-refractivity contribution is 6.33. The van der Waals surface area contributed by atoms with Gasteiger partial charge in [0.05, 0.1) is 10.6 Å². The van der Waals surface area contributed by atoms with E-state index in [0.29, 0.717) is 10.6 Å². The molecule has 0 aromatic heterocycles. The lowest BCUT2D eigenvalue weighted by Gasteiger charge is -2.47. The van der Waals surface area contributed by atoms with Crippen molar-refractivity contribution in [2.75, 3.05) is 13.6 Å². The predicted octanol–water partition coefficient (Wildman–Crippen LogP) is 5.43. The third-order valence-corrected chi connectivity index (χ3v) is 6.42. The highest BCUT2D eigenvalue weighted by atomic mass is 35.5. The molecule has 2 aliphatic rings. The van der Waals surface area contributed by atoms with Gasteiger partial charge in [-0.25, -0.2) is 4.79 Å². The first-order valence-electron chi connectivity index (χ1n) is 9.83. The number of hydrogen-bond donors (Lipinski definition) is 0. The molecule has 1 atom stereocenters. The van der Waals surface area contributed by atoms with E-state index in [-0.39, 0.29) is 11.9 Å². The van der Waals surface area contributed by atoms with Gasteiger partial charge in [0, 0.05) is 19.0 Å². The summed E-state index contributed by atoms with van der Waals surface area (Å²) < 4.78 is 6.34. The van der Waals surface area contributed by atoms with Crippen molar-refractivity contribution in [2.24, 2.45) is 0 Å². The molecule has 0 radical (unpaired) electrons. The van der Waals surface area contributed by atoms with Gasteiger partial charge in [0.2, 0.25) is 0 Å². The van der Waals surface area contributed by atoms with Crippen LogP contribution in [0.4, 0.5) is 0 Å². The van der Waals surface area contributed by atoms with Crippen LogP contribution in [-0.2, 0) is 11.3 Å². The summed E-state index contributed by atoms with van der Waals surface area (Å²) >= 11 is 6.26. The van der Waals surface area contributed by atoms with Crippen molar-refractivity contribution in [2.45, 2.75) is 50.2 Å². The van der Waals surface area contributed by atoms with Gasteiger partial charge >= 0.3 is 5.97 Å². The first-order valence-corrected chi connectivity index (χ1v) is 10.2. The number of fused-ring (bicyclic) bond motifs is 1. The van der Waals surface area contributed by atoms with Crippen molar-refractivity contribution in [3.63, 3.8) is 0 Å². The third kappa shape index (κ3) is 3.63. The molecule has 0 amide bonds. The Morgan fingerprint density at radius 3 is 2.56 bits per heavy atom. The fourth-order valence-electron chi connectivity index (χ4n) is 4.77. The number of carbonyl (C=O) groups is 1. The summed E-state index contributed by atoms with van der Waals surface area (Å²) in [5.41, 5.74) is 2.68. The van der Waals surface area contributed by atoms with Gasteiger partial charge in [-0.05, 0) is 56.0 Å². The molecular formula is C23H26ClNO2. The van der Waals surface area contributed by atoms with E-state index in [4.69, 9.17) is 16.3 Å². The van der Waals surface area contributed by atoms with Crippen LogP contribution in [0.25, 0.3) is 0 Å². The summed E-state index contributed by atoms with van der Waals surface area (Å²) in [5.74, 6) is -0.104. The molecule has 2 aromatic carbocycles. The average molecular weight is 384 g/mol. The zero-order valence-corrected chi connectivity index (χ0v) is 16.5. The summed E-state index contributed by atoms with van der Waals surface area (Å²) in [6.45, 7) is 1.86. The molecule has 0 saturated heterocycles. The highest BCUT2D eigenvalue weighted by Gasteiger charge is 2.46. The molecule has 3 nitrogen and oxygen atoms in total. The number of halogens is 1. The summed E-state index contributed by atoms with van der Waals surface area (Å²) in [6, 6.07) is 15.8. The minimum absolute atomic E-state index is 0.194. The minimum Gasteiger partial charge on any atom is -0.455 e. The molecule has 142 valence electrons. The largest absolute Gasteiger partial charge is 0.455 e. The van der Waals surface area contributed by atoms with Crippen molar-refractivity contribution in [3.05, 3.63) is 70.2 Å². The fourth-order valence-corrected chi connectivity index (χ4v) is 4.98. The van der Waals surface area contributed by atoms with Crippen LogP contribution in [0.2, 0.25) is 5.02 Å². The highest BCUT2D eigenvalue weighted by Crippen LogP contribution is 2.46. The average Bonchev–Trinajstić information content (AvgIpc) is 2.68. The molecular weight excluding hydrogens is 358 g/mol. The van der Waals surface area contributed by atoms with E-state index < -0.39 is 5.60 Å². The second-order valence-electron chi connectivity index (χ2n) is 7.94. The number of rotatable bonds is 3. The molecule has 4 heteroatoms. The van der Waals surface area contributed by atoms with Crippen LogP contribution in [0.5, 0.6) is 0 Å². The molecule has 0 bridgehead atoms. The first-order chi connectivity index (χ1) is 13.1. The van der Waals surface area contributed by atoms with Crippen LogP contribution in [0.3, 0.4) is 0 Å². The van der Waals surface area contributed by atoms with E-state index >= 15 is 0 Å². The molecule has 1 fully saturated rings. The van der Waals surface area contributed by atoms with E-state index in [0.717, 1.165) is 38.8 Å². The summed E-state index contributed by atoms with van der Waals surface area (Å²) in [6.07, 6.45) is 5.22. The number of nitrogens with zero attached hydrogens (tertiary/aromatic N) is 1. The molecule has 4 rings (SSSR count). The van der Waals surface area contributed by atoms with E-state index in [1.165, 1.54) is 17.5 Å². The maximum absolute atomic E-state index is 13.1. The Morgan fingerprint density at radius 1 is 1.07 bits per heavy atom. The zero-order chi connectivity index (χ0) is 18.9. The fraction of sp³-hybridized carbons (Fsp3) is 0.435. The Balaban J connectivity index is 1.71. The molecule has 27 heavy (non-hydrogen) atoms. The number of hydrogen-bond acceptors (Lipinski definition) is 3. The third-order valence-electron chi connectivity index (χ3n) is 6.09. The van der Waals surface area contributed by atoms with Crippen molar-refractivity contribution < 1.29 is 9.53 Å². The Labute approximate surface area is 166 Å². The van der Waals surface area contributed by atoms with Gasteiger partial charge in [-0.1, -0.05) is 54.4 Å². The maximum atomic E-state index is 13.1. The number of likely N-dealkylation sites (N-methyl/N-ethyl adjacent to an activating group) is 1. The number of esters is 1. The van der Waals surface area contributed by atoms with Gasteiger partial charge in [-0.3, -0.25) is 0 Å². The second-order valence-corrected chi connectivity index (χ2v) is 8.35. The number of carbonyl (C=O) groups excluding carboxylic acids is 1. The lowest BCUT2D eigenvalue weighted by Crippen LogP contribution is -2.49. The normalized spacial score (nSPS) is 22.1. The molecule has 1 saturated carbocycles. The van der Waals surface area contributed by atoms with E-state index in [9.17, 15) is 4.79 Å². The molecule has 1 unspecified atom stereocenters. The topological polar surface area (TPSA) is 29.5 Å². The maximum Gasteiger partial charge on any atom is 0.340 e. The lowest BCUT2D eigenvalue weighted by atomic mass is 9.70. The smallest absolute Gasteiger partial charge is 0.340 e. The quantitative estimate of drug-likeness (QED) is 0.662. The molecule has 1 aliphatic carbocycles. The Kier molecular flexibility index (Phi) is 5.25. The second kappa shape index (κ2) is 7.65. The summed E-state index contributed by atoms with van der Waals surface area (Å²) in [4.78, 5) is 15.4. The first kappa shape index (κ1) is 18.5.